The monoisotopic (exact) mass is 356 g/mol. The Morgan fingerprint density at radius 3 is 2.63 bits per heavy atom. The fourth-order valence-electron chi connectivity index (χ4n) is 4.24. The molecule has 0 radical (unpaired) electrons. The van der Waals surface area contributed by atoms with E-state index in [1.165, 1.54) is 11.1 Å². The zero-order chi connectivity index (χ0) is 18.5. The molecule has 0 saturated heterocycles. The summed E-state index contributed by atoms with van der Waals surface area (Å²) in [5.41, 5.74) is 6.82. The van der Waals surface area contributed by atoms with Crippen molar-refractivity contribution < 1.29 is 4.79 Å². The molecule has 0 spiro atoms. The highest BCUT2D eigenvalue weighted by molar-refractivity contribution is 6.00. The van der Waals surface area contributed by atoms with Gasteiger partial charge in [-0.15, -0.1) is 0 Å². The number of fused-ring (bicyclic) bond motifs is 2. The third-order valence-electron chi connectivity index (χ3n) is 5.51. The summed E-state index contributed by atoms with van der Waals surface area (Å²) in [5, 5.41) is 4.66. The number of ketones is 1. The fraction of sp³-hybridized carbons (Fsp3) is 0.227. The highest BCUT2D eigenvalue weighted by Crippen LogP contribution is 2.36. The summed E-state index contributed by atoms with van der Waals surface area (Å²) >= 11 is 0. The van der Waals surface area contributed by atoms with Crippen LogP contribution in [0.1, 0.15) is 45.2 Å². The highest BCUT2D eigenvalue weighted by atomic mass is 16.1. The minimum absolute atomic E-state index is 0.171. The zero-order valence-corrected chi connectivity index (χ0v) is 15.4. The third kappa shape index (κ3) is 2.50. The molecule has 5 nitrogen and oxygen atoms in total. The SMILES string of the molecule is Cc1ccccc1[C@@H]1CC(=O)c2c(C)nn(-c3nc4ccccc4[nH]3)c2C1. The van der Waals surface area contributed by atoms with Gasteiger partial charge in [-0.05, 0) is 49.4 Å². The Labute approximate surface area is 157 Å². The van der Waals surface area contributed by atoms with Gasteiger partial charge in [0.1, 0.15) is 0 Å². The van der Waals surface area contributed by atoms with Gasteiger partial charge in [0.25, 0.3) is 0 Å². The van der Waals surface area contributed by atoms with E-state index >= 15 is 0 Å². The summed E-state index contributed by atoms with van der Waals surface area (Å²) in [6, 6.07) is 16.2. The molecule has 1 N–H and O–H groups in total. The molecule has 1 aliphatic rings. The van der Waals surface area contributed by atoms with Crippen molar-refractivity contribution in [2.45, 2.75) is 32.6 Å². The highest BCUT2D eigenvalue weighted by Gasteiger charge is 2.33. The van der Waals surface area contributed by atoms with Crippen LogP contribution in [0.4, 0.5) is 0 Å². The van der Waals surface area contributed by atoms with E-state index in [-0.39, 0.29) is 11.7 Å². The number of nitrogens with one attached hydrogen (secondary N) is 1. The van der Waals surface area contributed by atoms with Crippen molar-refractivity contribution in [3.8, 4) is 5.95 Å². The summed E-state index contributed by atoms with van der Waals surface area (Å²) in [4.78, 5) is 20.9. The number of rotatable bonds is 2. The van der Waals surface area contributed by atoms with Crippen LogP contribution in [0.25, 0.3) is 17.0 Å². The predicted octanol–water partition coefficient (Wildman–Crippen LogP) is 4.28. The second-order valence-electron chi connectivity index (χ2n) is 7.28. The van der Waals surface area contributed by atoms with Crippen LogP contribution in [0.15, 0.2) is 48.5 Å². The molecular weight excluding hydrogens is 336 g/mol. The molecule has 5 rings (SSSR count). The molecule has 2 aromatic heterocycles. The third-order valence-corrected chi connectivity index (χ3v) is 5.51. The standard InChI is InChI=1S/C22H20N4O/c1-13-7-3-4-8-16(13)15-11-19-21(20(27)12-15)14(2)25-26(19)22-23-17-9-5-6-10-18(17)24-22/h3-10,15H,11-12H2,1-2H3,(H,23,24)/t15-/m0/s1. The van der Waals surface area contributed by atoms with E-state index in [4.69, 9.17) is 0 Å². The maximum Gasteiger partial charge on any atom is 0.229 e. The Hall–Kier alpha value is -3.21. The van der Waals surface area contributed by atoms with Gasteiger partial charge in [0.15, 0.2) is 5.78 Å². The van der Waals surface area contributed by atoms with Crippen molar-refractivity contribution in [2.75, 3.05) is 0 Å². The van der Waals surface area contributed by atoms with Gasteiger partial charge in [-0.2, -0.15) is 5.10 Å². The topological polar surface area (TPSA) is 63.6 Å². The Morgan fingerprint density at radius 1 is 1.04 bits per heavy atom. The summed E-state index contributed by atoms with van der Waals surface area (Å²) in [6.45, 7) is 4.01. The fourth-order valence-corrected chi connectivity index (χ4v) is 4.24. The van der Waals surface area contributed by atoms with Gasteiger partial charge >= 0.3 is 0 Å². The number of para-hydroxylation sites is 2. The van der Waals surface area contributed by atoms with Gasteiger partial charge < -0.3 is 4.98 Å². The first kappa shape index (κ1) is 16.0. The maximum atomic E-state index is 12.9. The number of hydrogen-bond acceptors (Lipinski definition) is 3. The van der Waals surface area contributed by atoms with Crippen LogP contribution in [0.2, 0.25) is 0 Å². The summed E-state index contributed by atoms with van der Waals surface area (Å²) in [6.07, 6.45) is 1.31. The van der Waals surface area contributed by atoms with E-state index in [0.29, 0.717) is 12.4 Å². The van der Waals surface area contributed by atoms with Crippen LogP contribution in [-0.4, -0.2) is 25.5 Å². The number of carbonyl (C=O) groups excluding carboxylic acids is 1. The summed E-state index contributed by atoms with van der Waals surface area (Å²) < 4.78 is 1.83. The van der Waals surface area contributed by atoms with Crippen LogP contribution in [-0.2, 0) is 6.42 Å². The van der Waals surface area contributed by atoms with Gasteiger partial charge in [0.05, 0.1) is 28.0 Å². The number of nitrogens with zero attached hydrogens (tertiary/aromatic N) is 3. The lowest BCUT2D eigenvalue weighted by Crippen LogP contribution is -2.21. The van der Waals surface area contributed by atoms with Crippen LogP contribution >= 0.6 is 0 Å². The largest absolute Gasteiger partial charge is 0.322 e. The van der Waals surface area contributed by atoms with Crippen molar-refractivity contribution in [3.05, 3.63) is 76.6 Å². The molecule has 0 fully saturated rings. The predicted molar refractivity (Wildman–Crippen MR) is 105 cm³/mol. The molecule has 0 saturated carbocycles. The van der Waals surface area contributed by atoms with E-state index in [1.807, 2.05) is 48.0 Å². The van der Waals surface area contributed by atoms with Gasteiger partial charge in [0.2, 0.25) is 5.95 Å². The number of aryl methyl sites for hydroxylation is 2. The van der Waals surface area contributed by atoms with E-state index in [1.54, 1.807) is 0 Å². The lowest BCUT2D eigenvalue weighted by molar-refractivity contribution is 0.0963. The molecule has 1 atom stereocenters. The molecule has 0 amide bonds. The quantitative estimate of drug-likeness (QED) is 0.583. The van der Waals surface area contributed by atoms with Crippen LogP contribution < -0.4 is 0 Å². The first-order chi connectivity index (χ1) is 13.1. The lowest BCUT2D eigenvalue weighted by atomic mass is 9.80. The average molecular weight is 356 g/mol. The lowest BCUT2D eigenvalue weighted by Gasteiger charge is -2.24. The molecule has 2 heterocycles. The first-order valence-corrected chi connectivity index (χ1v) is 9.24. The van der Waals surface area contributed by atoms with Crippen LogP contribution in [0.5, 0.6) is 0 Å². The van der Waals surface area contributed by atoms with Crippen molar-refractivity contribution in [1.29, 1.82) is 0 Å². The van der Waals surface area contributed by atoms with Gasteiger partial charge in [-0.3, -0.25) is 4.79 Å². The first-order valence-electron chi connectivity index (χ1n) is 9.24. The van der Waals surface area contributed by atoms with Crippen molar-refractivity contribution >= 4 is 16.8 Å². The number of imidazole rings is 1. The molecule has 4 aromatic rings. The second kappa shape index (κ2) is 5.91. The van der Waals surface area contributed by atoms with E-state index < -0.39 is 0 Å². The summed E-state index contributed by atoms with van der Waals surface area (Å²) in [7, 11) is 0. The molecule has 27 heavy (non-hydrogen) atoms. The Morgan fingerprint density at radius 2 is 1.81 bits per heavy atom. The van der Waals surface area contributed by atoms with Crippen molar-refractivity contribution in [1.82, 2.24) is 19.7 Å². The molecule has 5 heteroatoms. The number of Topliss-reactive ketones (excluding diaryl/α,β-unsaturated/α-hetero) is 1. The zero-order valence-electron chi connectivity index (χ0n) is 15.4. The smallest absolute Gasteiger partial charge is 0.229 e. The van der Waals surface area contributed by atoms with E-state index in [2.05, 4.69) is 34.1 Å². The van der Waals surface area contributed by atoms with Gasteiger partial charge in [-0.25, -0.2) is 9.67 Å². The Bertz CT molecular complexity index is 1150. The molecular formula is C22H20N4O. The molecule has 134 valence electrons. The van der Waals surface area contributed by atoms with Crippen LogP contribution in [0.3, 0.4) is 0 Å². The van der Waals surface area contributed by atoms with Gasteiger partial charge in [-0.1, -0.05) is 36.4 Å². The minimum Gasteiger partial charge on any atom is -0.322 e. The number of carbonyl (C=O) groups is 1. The van der Waals surface area contributed by atoms with Crippen molar-refractivity contribution in [2.24, 2.45) is 0 Å². The van der Waals surface area contributed by atoms with Gasteiger partial charge in [0, 0.05) is 6.42 Å². The number of benzene rings is 2. The number of aromatic nitrogens is 4. The van der Waals surface area contributed by atoms with E-state index in [0.717, 1.165) is 34.4 Å². The molecule has 0 unspecified atom stereocenters. The minimum atomic E-state index is 0.171. The molecule has 0 aliphatic heterocycles. The van der Waals surface area contributed by atoms with Crippen LogP contribution in [0, 0.1) is 13.8 Å². The summed E-state index contributed by atoms with van der Waals surface area (Å²) in [5.74, 6) is 1.01. The second-order valence-corrected chi connectivity index (χ2v) is 7.28. The molecule has 1 aliphatic carbocycles. The Kier molecular flexibility index (Phi) is 3.50. The number of hydrogen-bond donors (Lipinski definition) is 1. The number of H-pyrrole nitrogens is 1. The van der Waals surface area contributed by atoms with Crippen molar-refractivity contribution in [3.63, 3.8) is 0 Å². The Balaban J connectivity index is 1.64. The molecule has 0 bridgehead atoms. The normalized spacial score (nSPS) is 16.7. The maximum absolute atomic E-state index is 12.9. The average Bonchev–Trinajstić information content (AvgIpc) is 3.23. The van der Waals surface area contributed by atoms with E-state index in [9.17, 15) is 4.79 Å². The molecule has 2 aromatic carbocycles. The number of aromatic amines is 1.